The van der Waals surface area contributed by atoms with E-state index in [2.05, 4.69) is 40.7 Å². The van der Waals surface area contributed by atoms with E-state index in [9.17, 15) is 0 Å². The largest absolute Gasteiger partial charge is 0.490 e. The number of benzene rings is 1. The van der Waals surface area contributed by atoms with E-state index < -0.39 is 0 Å². The van der Waals surface area contributed by atoms with Crippen molar-refractivity contribution < 1.29 is 9.47 Å². The fourth-order valence-corrected chi connectivity index (χ4v) is 3.50. The summed E-state index contributed by atoms with van der Waals surface area (Å²) in [5.41, 5.74) is 1.14. The number of ether oxygens (including phenoxy) is 2. The van der Waals surface area contributed by atoms with Gasteiger partial charge in [-0.1, -0.05) is 13.0 Å². The molecule has 0 saturated carbocycles. The number of halogens is 1. The lowest BCUT2D eigenvalue weighted by molar-refractivity contribution is 0.297. The molecule has 0 aliphatic carbocycles. The Labute approximate surface area is 176 Å². The lowest BCUT2D eigenvalue weighted by Crippen LogP contribution is -2.36. The maximum absolute atomic E-state index is 5.74. The van der Waals surface area contributed by atoms with E-state index in [4.69, 9.17) is 9.47 Å². The molecule has 142 valence electrons. The molecule has 0 bridgehead atoms. The van der Waals surface area contributed by atoms with Crippen LogP contribution in [0.2, 0.25) is 0 Å². The highest BCUT2D eigenvalue weighted by molar-refractivity contribution is 14.0. The molecule has 5 nitrogen and oxygen atoms in total. The Morgan fingerprint density at radius 3 is 2.50 bits per heavy atom. The lowest BCUT2D eigenvalue weighted by atomic mass is 10.2. The molecule has 1 aliphatic heterocycles. The van der Waals surface area contributed by atoms with Gasteiger partial charge in [-0.25, -0.2) is 0 Å². The predicted octanol–water partition coefficient (Wildman–Crippen LogP) is 3.96. The second-order valence-corrected chi connectivity index (χ2v) is 7.09. The third kappa shape index (κ3) is 5.77. The molecule has 0 atom stereocenters. The molecule has 0 unspecified atom stereocenters. The number of fused-ring (bicyclic) bond motifs is 1. The van der Waals surface area contributed by atoms with Crippen molar-refractivity contribution in [3.05, 3.63) is 45.6 Å². The van der Waals surface area contributed by atoms with E-state index in [1.54, 1.807) is 7.05 Å². The highest BCUT2D eigenvalue weighted by Crippen LogP contribution is 2.30. The van der Waals surface area contributed by atoms with Crippen LogP contribution in [0.25, 0.3) is 0 Å². The highest BCUT2D eigenvalue weighted by Gasteiger charge is 2.10. The van der Waals surface area contributed by atoms with Gasteiger partial charge in [-0.15, -0.1) is 35.3 Å². The normalized spacial score (nSPS) is 13.5. The third-order valence-electron chi connectivity index (χ3n) is 3.99. The summed E-state index contributed by atoms with van der Waals surface area (Å²) in [4.78, 5) is 7.02. The quantitative estimate of drug-likeness (QED) is 0.381. The first-order chi connectivity index (χ1) is 12.3. The van der Waals surface area contributed by atoms with E-state index in [0.29, 0.717) is 19.8 Å². The summed E-state index contributed by atoms with van der Waals surface area (Å²) >= 11 is 1.84. The van der Waals surface area contributed by atoms with Crippen LogP contribution >= 0.6 is 35.3 Å². The molecule has 0 saturated heterocycles. The summed E-state index contributed by atoms with van der Waals surface area (Å²) in [5, 5.41) is 6.71. The summed E-state index contributed by atoms with van der Waals surface area (Å²) in [5.74, 6) is 2.44. The van der Waals surface area contributed by atoms with Crippen LogP contribution in [0, 0.1) is 0 Å². The summed E-state index contributed by atoms with van der Waals surface area (Å²) < 4.78 is 11.4. The van der Waals surface area contributed by atoms with Crippen molar-refractivity contribution in [3.8, 4) is 11.5 Å². The van der Waals surface area contributed by atoms with Gasteiger partial charge in [-0.05, 0) is 36.2 Å². The monoisotopic (exact) mass is 487 g/mol. The van der Waals surface area contributed by atoms with Gasteiger partial charge in [0.05, 0.1) is 19.8 Å². The van der Waals surface area contributed by atoms with Crippen molar-refractivity contribution in [1.82, 2.24) is 10.6 Å². The van der Waals surface area contributed by atoms with E-state index in [-0.39, 0.29) is 24.0 Å². The SMILES string of the molecule is CCc1ccc(CNC(=NC)NCc2ccc3c(c2)OCCCO3)s1.I. The van der Waals surface area contributed by atoms with Crippen LogP contribution in [-0.2, 0) is 19.5 Å². The second-order valence-electron chi connectivity index (χ2n) is 5.83. The van der Waals surface area contributed by atoms with Crippen LogP contribution in [0.4, 0.5) is 0 Å². The fourth-order valence-electron chi connectivity index (χ4n) is 2.60. The molecule has 0 spiro atoms. The molecule has 1 aromatic heterocycles. The van der Waals surface area contributed by atoms with Crippen LogP contribution in [0.3, 0.4) is 0 Å². The van der Waals surface area contributed by atoms with Gasteiger partial charge < -0.3 is 20.1 Å². The van der Waals surface area contributed by atoms with Gasteiger partial charge in [0.1, 0.15) is 0 Å². The lowest BCUT2D eigenvalue weighted by Gasteiger charge is -2.13. The molecule has 0 amide bonds. The molecular formula is C19H26IN3O2S. The molecule has 2 N–H and O–H groups in total. The zero-order valence-corrected chi connectivity index (χ0v) is 18.4. The molecular weight excluding hydrogens is 461 g/mol. The molecule has 2 aromatic rings. The number of hydrogen-bond acceptors (Lipinski definition) is 4. The van der Waals surface area contributed by atoms with Crippen LogP contribution < -0.4 is 20.1 Å². The summed E-state index contributed by atoms with van der Waals surface area (Å²) in [7, 11) is 1.79. The van der Waals surface area contributed by atoms with Crippen molar-refractivity contribution in [3.63, 3.8) is 0 Å². The Bertz CT molecular complexity index is 733. The fraction of sp³-hybridized carbons (Fsp3) is 0.421. The zero-order chi connectivity index (χ0) is 17.5. The molecule has 7 heteroatoms. The van der Waals surface area contributed by atoms with Gasteiger partial charge >= 0.3 is 0 Å². The second kappa shape index (κ2) is 10.6. The van der Waals surface area contributed by atoms with Crippen molar-refractivity contribution in [2.24, 2.45) is 4.99 Å². The maximum atomic E-state index is 5.74. The van der Waals surface area contributed by atoms with Crippen molar-refractivity contribution in [2.75, 3.05) is 20.3 Å². The Morgan fingerprint density at radius 2 is 1.77 bits per heavy atom. The van der Waals surface area contributed by atoms with Gasteiger partial charge in [-0.2, -0.15) is 0 Å². The van der Waals surface area contributed by atoms with Crippen LogP contribution in [-0.4, -0.2) is 26.2 Å². The minimum absolute atomic E-state index is 0. The zero-order valence-electron chi connectivity index (χ0n) is 15.2. The summed E-state index contributed by atoms with van der Waals surface area (Å²) in [6.07, 6.45) is 2.00. The maximum Gasteiger partial charge on any atom is 0.191 e. The smallest absolute Gasteiger partial charge is 0.191 e. The average Bonchev–Trinajstić information content (AvgIpc) is 2.98. The minimum Gasteiger partial charge on any atom is -0.490 e. The topological polar surface area (TPSA) is 54.9 Å². The first-order valence-corrected chi connectivity index (χ1v) is 9.50. The molecule has 0 radical (unpaired) electrons. The highest BCUT2D eigenvalue weighted by atomic mass is 127. The Morgan fingerprint density at radius 1 is 1.04 bits per heavy atom. The molecule has 1 aliphatic rings. The number of nitrogens with zero attached hydrogens (tertiary/aromatic N) is 1. The number of thiophene rings is 1. The minimum atomic E-state index is 0. The van der Waals surface area contributed by atoms with Crippen LogP contribution in [0.5, 0.6) is 11.5 Å². The van der Waals surface area contributed by atoms with E-state index in [0.717, 1.165) is 42.4 Å². The van der Waals surface area contributed by atoms with E-state index in [1.165, 1.54) is 9.75 Å². The van der Waals surface area contributed by atoms with E-state index in [1.807, 2.05) is 23.5 Å². The van der Waals surface area contributed by atoms with Gasteiger partial charge in [0.2, 0.25) is 0 Å². The summed E-state index contributed by atoms with van der Waals surface area (Å²) in [6, 6.07) is 10.4. The van der Waals surface area contributed by atoms with Gasteiger partial charge in [0, 0.05) is 29.8 Å². The first kappa shape index (κ1) is 20.8. The number of aliphatic imine (C=N–C) groups is 1. The average molecular weight is 487 g/mol. The van der Waals surface area contributed by atoms with Crippen molar-refractivity contribution in [1.29, 1.82) is 0 Å². The Hall–Kier alpha value is -1.48. The number of rotatable bonds is 5. The molecule has 2 heterocycles. The van der Waals surface area contributed by atoms with Crippen molar-refractivity contribution >= 4 is 41.3 Å². The third-order valence-corrected chi connectivity index (χ3v) is 5.22. The summed E-state index contributed by atoms with van der Waals surface area (Å²) in [6.45, 7) is 5.06. The molecule has 1 aromatic carbocycles. The van der Waals surface area contributed by atoms with Crippen LogP contribution in [0.15, 0.2) is 35.3 Å². The van der Waals surface area contributed by atoms with Crippen molar-refractivity contribution in [2.45, 2.75) is 32.9 Å². The van der Waals surface area contributed by atoms with Gasteiger partial charge in [0.15, 0.2) is 17.5 Å². The molecule has 26 heavy (non-hydrogen) atoms. The Balaban J connectivity index is 0.00000243. The first-order valence-electron chi connectivity index (χ1n) is 8.69. The molecule has 0 fully saturated rings. The van der Waals surface area contributed by atoms with Crippen LogP contribution in [0.1, 0.15) is 28.7 Å². The Kier molecular flexibility index (Phi) is 8.50. The van der Waals surface area contributed by atoms with Gasteiger partial charge in [-0.3, -0.25) is 4.99 Å². The number of hydrogen-bond donors (Lipinski definition) is 2. The number of nitrogens with one attached hydrogen (secondary N) is 2. The molecule has 3 rings (SSSR count). The number of guanidine groups is 1. The van der Waals surface area contributed by atoms with Gasteiger partial charge in [0.25, 0.3) is 0 Å². The van der Waals surface area contributed by atoms with E-state index >= 15 is 0 Å². The standard InChI is InChI=1S/C19H25N3O2S.HI/c1-3-15-6-7-16(25-15)13-22-19(20-2)21-12-14-5-8-17-18(11-14)24-10-4-9-23-17;/h5-8,11H,3-4,9-10,12-13H2,1-2H3,(H2,20,21,22);1H. The number of aryl methyl sites for hydroxylation is 1. The predicted molar refractivity (Wildman–Crippen MR) is 118 cm³/mol.